The maximum atomic E-state index is 14.1. The van der Waals surface area contributed by atoms with Gasteiger partial charge < -0.3 is 5.73 Å². The molecule has 3 rings (SSSR count). The molecule has 2 aromatic carbocycles. The highest BCUT2D eigenvalue weighted by atomic mass is 19.1. The van der Waals surface area contributed by atoms with E-state index in [0.29, 0.717) is 11.1 Å². The van der Waals surface area contributed by atoms with Crippen molar-refractivity contribution >= 4 is 17.0 Å². The van der Waals surface area contributed by atoms with Crippen LogP contribution in [0.3, 0.4) is 0 Å². The summed E-state index contributed by atoms with van der Waals surface area (Å²) in [5.74, 6) is -1.63. The fraction of sp³-hybridized carbons (Fsp3) is 0.133. The van der Waals surface area contributed by atoms with Gasteiger partial charge in [-0.25, -0.2) is 18.2 Å². The summed E-state index contributed by atoms with van der Waals surface area (Å²) in [6.07, 6.45) is 0. The van der Waals surface area contributed by atoms with E-state index in [1.807, 2.05) is 0 Å². The number of nitrogens with zero attached hydrogens (tertiary/aromatic N) is 2. The molecule has 108 valence electrons. The second-order valence-electron chi connectivity index (χ2n) is 4.95. The number of rotatable bonds is 1. The molecule has 6 heteroatoms. The first-order chi connectivity index (χ1) is 9.88. The van der Waals surface area contributed by atoms with E-state index in [1.165, 1.54) is 23.6 Å². The summed E-state index contributed by atoms with van der Waals surface area (Å²) in [4.78, 5) is 4.00. The molecule has 1 heterocycles. The summed E-state index contributed by atoms with van der Waals surface area (Å²) in [5, 5.41) is 0. The van der Waals surface area contributed by atoms with Gasteiger partial charge in [0.05, 0.1) is 16.7 Å². The maximum Gasteiger partial charge on any atom is 0.206 e. The van der Waals surface area contributed by atoms with Crippen LogP contribution >= 0.6 is 0 Å². The van der Waals surface area contributed by atoms with Crippen LogP contribution in [0.15, 0.2) is 24.3 Å². The number of aromatic nitrogens is 2. The fourth-order valence-electron chi connectivity index (χ4n) is 2.28. The number of imidazole rings is 1. The van der Waals surface area contributed by atoms with Gasteiger partial charge in [0.15, 0.2) is 0 Å². The Morgan fingerprint density at radius 2 is 1.52 bits per heavy atom. The average molecular weight is 291 g/mol. The van der Waals surface area contributed by atoms with Crippen molar-refractivity contribution in [3.05, 3.63) is 52.8 Å². The van der Waals surface area contributed by atoms with Crippen LogP contribution in [0.5, 0.6) is 0 Å². The first-order valence-electron chi connectivity index (χ1n) is 6.28. The van der Waals surface area contributed by atoms with Gasteiger partial charge in [-0.15, -0.1) is 0 Å². The third kappa shape index (κ3) is 2.03. The highest BCUT2D eigenvalue weighted by molar-refractivity contribution is 5.81. The van der Waals surface area contributed by atoms with Gasteiger partial charge in [0.25, 0.3) is 0 Å². The minimum atomic E-state index is -0.623. The van der Waals surface area contributed by atoms with Crippen LogP contribution in [0.25, 0.3) is 16.7 Å². The SMILES string of the molecule is Cc1cc(F)c(-n2c(N)nc3cc(F)c(C)cc32)cc1F. The minimum Gasteiger partial charge on any atom is -0.369 e. The van der Waals surface area contributed by atoms with Crippen LogP contribution in [0.4, 0.5) is 19.1 Å². The standard InChI is InChI=1S/C15H12F3N3/c1-7-3-11(18)13(6-10(7)17)21-14-4-8(2)9(16)5-12(14)20-15(21)19/h3-6H,1-2H3,(H2,19,20). The lowest BCUT2D eigenvalue weighted by Gasteiger charge is -2.10. The monoisotopic (exact) mass is 291 g/mol. The Hall–Kier alpha value is -2.50. The third-order valence-electron chi connectivity index (χ3n) is 3.43. The predicted octanol–water partition coefficient (Wildman–Crippen LogP) is 3.64. The van der Waals surface area contributed by atoms with Crippen molar-refractivity contribution in [1.82, 2.24) is 9.55 Å². The zero-order valence-corrected chi connectivity index (χ0v) is 11.4. The molecule has 0 spiro atoms. The molecular weight excluding hydrogens is 279 g/mol. The smallest absolute Gasteiger partial charge is 0.206 e. The Balaban J connectivity index is 2.37. The molecule has 0 atom stereocenters. The van der Waals surface area contributed by atoms with Gasteiger partial charge >= 0.3 is 0 Å². The van der Waals surface area contributed by atoms with E-state index < -0.39 is 17.5 Å². The molecular formula is C15H12F3N3. The highest BCUT2D eigenvalue weighted by Gasteiger charge is 2.17. The second kappa shape index (κ2) is 4.51. The van der Waals surface area contributed by atoms with E-state index in [4.69, 9.17) is 5.73 Å². The summed E-state index contributed by atoms with van der Waals surface area (Å²) in [6, 6.07) is 4.87. The van der Waals surface area contributed by atoms with Crippen molar-refractivity contribution in [2.45, 2.75) is 13.8 Å². The molecule has 0 saturated heterocycles. The van der Waals surface area contributed by atoms with Crippen LogP contribution in [0.2, 0.25) is 0 Å². The van der Waals surface area contributed by atoms with Crippen LogP contribution in [-0.4, -0.2) is 9.55 Å². The predicted molar refractivity (Wildman–Crippen MR) is 74.8 cm³/mol. The van der Waals surface area contributed by atoms with Gasteiger partial charge in [-0.3, -0.25) is 4.57 Å². The van der Waals surface area contributed by atoms with Crippen molar-refractivity contribution < 1.29 is 13.2 Å². The molecule has 0 aliphatic rings. The van der Waals surface area contributed by atoms with Crippen LogP contribution in [-0.2, 0) is 0 Å². The van der Waals surface area contributed by atoms with Gasteiger partial charge in [-0.2, -0.15) is 0 Å². The van der Waals surface area contributed by atoms with Crippen molar-refractivity contribution in [3.63, 3.8) is 0 Å². The lowest BCUT2D eigenvalue weighted by atomic mass is 10.2. The Morgan fingerprint density at radius 3 is 2.24 bits per heavy atom. The molecule has 0 unspecified atom stereocenters. The number of anilines is 1. The first-order valence-corrected chi connectivity index (χ1v) is 6.28. The highest BCUT2D eigenvalue weighted by Crippen LogP contribution is 2.28. The maximum absolute atomic E-state index is 14.1. The minimum absolute atomic E-state index is 0.0304. The largest absolute Gasteiger partial charge is 0.369 e. The van der Waals surface area contributed by atoms with Crippen molar-refractivity contribution in [1.29, 1.82) is 0 Å². The summed E-state index contributed by atoms with van der Waals surface area (Å²) >= 11 is 0. The van der Waals surface area contributed by atoms with Crippen molar-refractivity contribution in [3.8, 4) is 5.69 Å². The van der Waals surface area contributed by atoms with E-state index in [9.17, 15) is 13.2 Å². The molecule has 0 aliphatic heterocycles. The van der Waals surface area contributed by atoms with Crippen molar-refractivity contribution in [2.75, 3.05) is 5.73 Å². The average Bonchev–Trinajstić information content (AvgIpc) is 2.70. The quantitative estimate of drug-likeness (QED) is 0.744. The molecule has 3 nitrogen and oxygen atoms in total. The number of nitrogens with two attached hydrogens (primary N) is 1. The van der Waals surface area contributed by atoms with E-state index in [2.05, 4.69) is 4.98 Å². The molecule has 0 saturated carbocycles. The molecule has 0 amide bonds. The first kappa shape index (κ1) is 13.5. The molecule has 1 aromatic heterocycles. The van der Waals surface area contributed by atoms with Gasteiger partial charge in [0, 0.05) is 12.1 Å². The van der Waals surface area contributed by atoms with Gasteiger partial charge in [-0.1, -0.05) is 0 Å². The van der Waals surface area contributed by atoms with Gasteiger partial charge in [0.2, 0.25) is 5.95 Å². The molecule has 21 heavy (non-hydrogen) atoms. The van der Waals surface area contributed by atoms with E-state index in [0.717, 1.165) is 12.1 Å². The number of nitrogen functional groups attached to an aromatic ring is 1. The second-order valence-corrected chi connectivity index (χ2v) is 4.95. The number of hydrogen-bond acceptors (Lipinski definition) is 2. The molecule has 0 fully saturated rings. The summed E-state index contributed by atoms with van der Waals surface area (Å²) in [5.41, 5.74) is 7.01. The number of fused-ring (bicyclic) bond motifs is 1. The van der Waals surface area contributed by atoms with Crippen LogP contribution in [0, 0.1) is 31.3 Å². The van der Waals surface area contributed by atoms with E-state index in [1.54, 1.807) is 6.92 Å². The summed E-state index contributed by atoms with van der Waals surface area (Å²) in [6.45, 7) is 3.05. The molecule has 3 aromatic rings. The van der Waals surface area contributed by atoms with Crippen LogP contribution in [0.1, 0.15) is 11.1 Å². The molecule has 0 aliphatic carbocycles. The van der Waals surface area contributed by atoms with Gasteiger partial charge in [-0.05, 0) is 37.1 Å². The Labute approximate surface area is 118 Å². The number of aryl methyl sites for hydroxylation is 2. The number of benzene rings is 2. The molecule has 0 bridgehead atoms. The Bertz CT molecular complexity index is 868. The molecule has 2 N–H and O–H groups in total. The third-order valence-corrected chi connectivity index (χ3v) is 3.43. The molecule has 0 radical (unpaired) electrons. The fourth-order valence-corrected chi connectivity index (χ4v) is 2.28. The lowest BCUT2D eigenvalue weighted by Crippen LogP contribution is -2.04. The Kier molecular flexibility index (Phi) is 2.90. The number of hydrogen-bond donors (Lipinski definition) is 1. The van der Waals surface area contributed by atoms with Crippen LogP contribution < -0.4 is 5.73 Å². The number of halogens is 3. The lowest BCUT2D eigenvalue weighted by molar-refractivity contribution is 0.587. The van der Waals surface area contributed by atoms with E-state index in [-0.39, 0.29) is 22.7 Å². The normalized spacial score (nSPS) is 11.3. The zero-order valence-electron chi connectivity index (χ0n) is 11.4. The van der Waals surface area contributed by atoms with Gasteiger partial charge in [0.1, 0.15) is 17.5 Å². The zero-order chi connectivity index (χ0) is 15.3. The summed E-state index contributed by atoms with van der Waals surface area (Å²) in [7, 11) is 0. The summed E-state index contributed by atoms with van der Waals surface area (Å²) < 4.78 is 42.7. The van der Waals surface area contributed by atoms with E-state index >= 15 is 0 Å². The topological polar surface area (TPSA) is 43.8 Å². The van der Waals surface area contributed by atoms with Crippen molar-refractivity contribution in [2.24, 2.45) is 0 Å². The Morgan fingerprint density at radius 1 is 0.905 bits per heavy atom.